The molecule has 4 nitrogen and oxygen atoms in total. The maximum Gasteiger partial charge on any atom is 0.267 e. The van der Waals surface area contributed by atoms with Crippen LogP contribution in [0.1, 0.15) is 24.3 Å². The van der Waals surface area contributed by atoms with Crippen LogP contribution in [-0.4, -0.2) is 23.1 Å². The lowest BCUT2D eigenvalue weighted by Gasteiger charge is -2.09. The molecule has 1 aromatic heterocycles. The molecule has 15 heavy (non-hydrogen) atoms. The number of aryl methyl sites for hydroxylation is 1. The maximum atomic E-state index is 11.7. The van der Waals surface area contributed by atoms with Gasteiger partial charge in [-0.2, -0.15) is 0 Å². The van der Waals surface area contributed by atoms with Crippen molar-refractivity contribution < 1.29 is 4.79 Å². The Morgan fingerprint density at radius 3 is 2.93 bits per heavy atom. The first-order valence-corrected chi connectivity index (χ1v) is 5.73. The fourth-order valence-electron chi connectivity index (χ4n) is 1.27. The van der Waals surface area contributed by atoms with E-state index in [1.165, 1.54) is 0 Å². The van der Waals surface area contributed by atoms with E-state index in [0.717, 1.165) is 11.0 Å². The van der Waals surface area contributed by atoms with Gasteiger partial charge >= 0.3 is 0 Å². The second-order valence-corrected chi connectivity index (χ2v) is 4.43. The van der Waals surface area contributed by atoms with Crippen molar-refractivity contribution >= 4 is 21.8 Å². The Balaban J connectivity index is 2.72. The van der Waals surface area contributed by atoms with E-state index in [1.54, 1.807) is 6.07 Å². The van der Waals surface area contributed by atoms with Crippen LogP contribution in [-0.2, 0) is 6.54 Å². The number of nitrogens with one attached hydrogen (secondary N) is 1. The molecule has 1 rings (SSSR count). The van der Waals surface area contributed by atoms with Crippen molar-refractivity contribution in [2.45, 2.75) is 26.4 Å². The van der Waals surface area contributed by atoms with Crippen LogP contribution in [0.15, 0.2) is 16.7 Å². The molecule has 0 fully saturated rings. The number of rotatable bonds is 4. The third-order valence-corrected chi connectivity index (χ3v) is 2.45. The van der Waals surface area contributed by atoms with Gasteiger partial charge in [-0.1, -0.05) is 0 Å². The summed E-state index contributed by atoms with van der Waals surface area (Å²) in [6.45, 7) is 5.11. The van der Waals surface area contributed by atoms with Gasteiger partial charge in [0.05, 0.1) is 0 Å². The van der Waals surface area contributed by atoms with Crippen LogP contribution in [0.25, 0.3) is 0 Å². The van der Waals surface area contributed by atoms with Gasteiger partial charge in [0, 0.05) is 29.8 Å². The monoisotopic (exact) mass is 273 g/mol. The third kappa shape index (κ3) is 3.35. The zero-order chi connectivity index (χ0) is 11.4. The number of halogens is 1. The average Bonchev–Trinajstić information content (AvgIpc) is 2.56. The van der Waals surface area contributed by atoms with E-state index in [2.05, 4.69) is 21.2 Å². The lowest BCUT2D eigenvalue weighted by atomic mass is 10.3. The first-order valence-electron chi connectivity index (χ1n) is 4.94. The molecule has 0 saturated carbocycles. The SMILES string of the molecule is CCn1cc(Br)cc1C(=O)NCC(C)N. The van der Waals surface area contributed by atoms with Crippen LogP contribution in [0, 0.1) is 0 Å². The van der Waals surface area contributed by atoms with E-state index in [9.17, 15) is 4.79 Å². The number of hydrogen-bond donors (Lipinski definition) is 2. The number of nitrogens with two attached hydrogens (primary N) is 1. The number of amides is 1. The molecular formula is C10H16BrN3O. The lowest BCUT2D eigenvalue weighted by Crippen LogP contribution is -2.35. The van der Waals surface area contributed by atoms with Crippen molar-refractivity contribution in [1.82, 2.24) is 9.88 Å². The number of carbonyl (C=O) groups excluding carboxylic acids is 1. The summed E-state index contributed by atoms with van der Waals surface area (Å²) in [5.74, 6) is -0.0835. The predicted octanol–water partition coefficient (Wildman–Crippen LogP) is 1.35. The Morgan fingerprint density at radius 1 is 1.73 bits per heavy atom. The molecule has 1 heterocycles. The van der Waals surface area contributed by atoms with Gasteiger partial charge in [0.1, 0.15) is 5.69 Å². The fourth-order valence-corrected chi connectivity index (χ4v) is 1.74. The van der Waals surface area contributed by atoms with Gasteiger partial charge in [0.25, 0.3) is 5.91 Å². The van der Waals surface area contributed by atoms with E-state index in [4.69, 9.17) is 5.73 Å². The average molecular weight is 274 g/mol. The molecule has 0 aliphatic carbocycles. The molecule has 84 valence electrons. The van der Waals surface area contributed by atoms with Gasteiger partial charge in [0.15, 0.2) is 0 Å². The fraction of sp³-hybridized carbons (Fsp3) is 0.500. The molecule has 1 amide bonds. The van der Waals surface area contributed by atoms with Crippen molar-refractivity contribution in [2.24, 2.45) is 5.73 Å². The maximum absolute atomic E-state index is 11.7. The van der Waals surface area contributed by atoms with E-state index in [1.807, 2.05) is 24.6 Å². The van der Waals surface area contributed by atoms with Crippen molar-refractivity contribution in [2.75, 3.05) is 6.54 Å². The van der Waals surface area contributed by atoms with Crippen molar-refractivity contribution in [3.8, 4) is 0 Å². The molecule has 0 aliphatic rings. The minimum absolute atomic E-state index is 0.0255. The number of carbonyl (C=O) groups is 1. The van der Waals surface area contributed by atoms with Gasteiger partial charge in [-0.05, 0) is 35.8 Å². The Hall–Kier alpha value is -0.810. The summed E-state index contributed by atoms with van der Waals surface area (Å²) in [7, 11) is 0. The largest absolute Gasteiger partial charge is 0.349 e. The summed E-state index contributed by atoms with van der Waals surface area (Å²) in [6, 6.07) is 1.78. The highest BCUT2D eigenvalue weighted by molar-refractivity contribution is 9.10. The van der Waals surface area contributed by atoms with E-state index < -0.39 is 0 Å². The normalized spacial score (nSPS) is 12.5. The first kappa shape index (κ1) is 12.3. The summed E-state index contributed by atoms with van der Waals surface area (Å²) in [6.07, 6.45) is 1.89. The van der Waals surface area contributed by atoms with Crippen molar-refractivity contribution in [1.29, 1.82) is 0 Å². The molecule has 5 heteroatoms. The summed E-state index contributed by atoms with van der Waals surface area (Å²) < 4.78 is 2.80. The van der Waals surface area contributed by atoms with E-state index in [-0.39, 0.29) is 11.9 Å². The minimum Gasteiger partial charge on any atom is -0.349 e. The van der Waals surface area contributed by atoms with Gasteiger partial charge in [-0.3, -0.25) is 4.79 Å². The molecule has 0 saturated heterocycles. The molecule has 1 atom stereocenters. The molecule has 1 unspecified atom stereocenters. The van der Waals surface area contributed by atoms with Gasteiger partial charge in [0.2, 0.25) is 0 Å². The summed E-state index contributed by atoms with van der Waals surface area (Å²) in [5, 5.41) is 2.78. The highest BCUT2D eigenvalue weighted by Crippen LogP contribution is 2.14. The summed E-state index contributed by atoms with van der Waals surface area (Å²) in [5.41, 5.74) is 6.22. The minimum atomic E-state index is -0.0835. The van der Waals surface area contributed by atoms with Gasteiger partial charge < -0.3 is 15.6 Å². The Bertz CT molecular complexity index is 346. The topological polar surface area (TPSA) is 60.0 Å². The van der Waals surface area contributed by atoms with Crippen molar-refractivity contribution in [3.63, 3.8) is 0 Å². The second-order valence-electron chi connectivity index (χ2n) is 3.52. The standard InChI is InChI=1S/C10H16BrN3O/c1-3-14-6-8(11)4-9(14)10(15)13-5-7(2)12/h4,6-7H,3,5,12H2,1-2H3,(H,13,15). The smallest absolute Gasteiger partial charge is 0.267 e. The number of aromatic nitrogens is 1. The molecule has 0 aromatic carbocycles. The molecule has 0 spiro atoms. The van der Waals surface area contributed by atoms with Gasteiger partial charge in [-0.25, -0.2) is 0 Å². The zero-order valence-electron chi connectivity index (χ0n) is 8.96. The number of nitrogens with zero attached hydrogens (tertiary/aromatic N) is 1. The lowest BCUT2D eigenvalue weighted by molar-refractivity contribution is 0.0942. The summed E-state index contributed by atoms with van der Waals surface area (Å²) >= 11 is 3.35. The highest BCUT2D eigenvalue weighted by Gasteiger charge is 2.11. The molecule has 0 bridgehead atoms. The Kier molecular flexibility index (Phi) is 4.35. The molecular weight excluding hydrogens is 258 g/mol. The van der Waals surface area contributed by atoms with Crippen LogP contribution in [0.2, 0.25) is 0 Å². The first-order chi connectivity index (χ1) is 7.04. The van der Waals surface area contributed by atoms with Crippen LogP contribution in [0.5, 0.6) is 0 Å². The molecule has 3 N–H and O–H groups in total. The van der Waals surface area contributed by atoms with E-state index in [0.29, 0.717) is 12.2 Å². The quantitative estimate of drug-likeness (QED) is 0.870. The Labute approximate surface area is 98.0 Å². The van der Waals surface area contributed by atoms with Crippen LogP contribution in [0.3, 0.4) is 0 Å². The Morgan fingerprint density at radius 2 is 2.40 bits per heavy atom. The number of hydrogen-bond acceptors (Lipinski definition) is 2. The molecule has 1 aromatic rings. The summed E-state index contributed by atoms with van der Waals surface area (Å²) in [4.78, 5) is 11.7. The van der Waals surface area contributed by atoms with E-state index >= 15 is 0 Å². The third-order valence-electron chi connectivity index (χ3n) is 2.02. The second kappa shape index (κ2) is 5.32. The van der Waals surface area contributed by atoms with Crippen LogP contribution in [0.4, 0.5) is 0 Å². The van der Waals surface area contributed by atoms with Crippen molar-refractivity contribution in [3.05, 3.63) is 22.4 Å². The van der Waals surface area contributed by atoms with Crippen LogP contribution < -0.4 is 11.1 Å². The van der Waals surface area contributed by atoms with Crippen LogP contribution >= 0.6 is 15.9 Å². The predicted molar refractivity (Wildman–Crippen MR) is 63.8 cm³/mol. The highest BCUT2D eigenvalue weighted by atomic mass is 79.9. The molecule has 0 radical (unpaired) electrons. The molecule has 0 aliphatic heterocycles. The van der Waals surface area contributed by atoms with Gasteiger partial charge in [-0.15, -0.1) is 0 Å². The zero-order valence-corrected chi connectivity index (χ0v) is 10.5.